The summed E-state index contributed by atoms with van der Waals surface area (Å²) in [5.74, 6) is 0.781. The molecule has 0 aliphatic rings. The highest BCUT2D eigenvalue weighted by atomic mass is 35.5. The fraction of sp³-hybridized carbons (Fsp3) is 0.188. The molecule has 110 valence electrons. The van der Waals surface area contributed by atoms with E-state index in [-0.39, 0.29) is 0 Å². The van der Waals surface area contributed by atoms with Crippen molar-refractivity contribution in [1.82, 2.24) is 0 Å². The maximum absolute atomic E-state index is 11.8. The number of carbonyl (C=O) groups excluding carboxylic acids is 1. The smallest absolute Gasteiger partial charge is 0.338 e. The zero-order chi connectivity index (χ0) is 15.6. The molecule has 0 amide bonds. The second-order valence-corrected chi connectivity index (χ2v) is 4.91. The lowest BCUT2D eigenvalue weighted by molar-refractivity contribution is -0.130. The number of rotatable bonds is 4. The molecule has 2 rings (SSSR count). The number of fused-ring (bicyclic) bond motifs is 1. The quantitative estimate of drug-likeness (QED) is 0.487. The summed E-state index contributed by atoms with van der Waals surface area (Å²) in [4.78, 5) is 11.8. The van der Waals surface area contributed by atoms with Gasteiger partial charge >= 0.3 is 5.97 Å². The third-order valence-corrected chi connectivity index (χ3v) is 3.20. The summed E-state index contributed by atoms with van der Waals surface area (Å²) in [7, 11) is 3.04. The van der Waals surface area contributed by atoms with Crippen molar-refractivity contribution in [3.8, 4) is 17.2 Å². The zero-order valence-corrected chi connectivity index (χ0v) is 12.8. The molecule has 4 nitrogen and oxygen atoms in total. The van der Waals surface area contributed by atoms with Gasteiger partial charge in [-0.25, -0.2) is 4.79 Å². The molecule has 0 heterocycles. The third-order valence-electron chi connectivity index (χ3n) is 2.96. The van der Waals surface area contributed by atoms with Crippen LogP contribution in [-0.2, 0) is 4.79 Å². The minimum absolute atomic E-state index is 0.301. The van der Waals surface area contributed by atoms with Gasteiger partial charge in [-0.3, -0.25) is 0 Å². The first-order valence-electron chi connectivity index (χ1n) is 6.20. The summed E-state index contributed by atoms with van der Waals surface area (Å²) in [5, 5.41) is 1.96. The number of carbonyl (C=O) groups is 1. The first-order valence-corrected chi connectivity index (χ1v) is 6.57. The molecule has 0 spiro atoms. The molecular weight excluding hydrogens is 292 g/mol. The topological polar surface area (TPSA) is 44.8 Å². The Hall–Kier alpha value is -2.20. The van der Waals surface area contributed by atoms with E-state index < -0.39 is 5.97 Å². The summed E-state index contributed by atoms with van der Waals surface area (Å²) in [5.41, 5.74) is 0.301. The second kappa shape index (κ2) is 6.06. The van der Waals surface area contributed by atoms with Gasteiger partial charge in [-0.1, -0.05) is 18.2 Å². The maximum Gasteiger partial charge on any atom is 0.338 e. The molecule has 0 saturated heterocycles. The largest absolute Gasteiger partial charge is 0.496 e. The van der Waals surface area contributed by atoms with Gasteiger partial charge in [-0.15, -0.1) is 0 Å². The van der Waals surface area contributed by atoms with Gasteiger partial charge in [0.25, 0.3) is 0 Å². The molecule has 0 saturated carbocycles. The summed E-state index contributed by atoms with van der Waals surface area (Å²) in [6.45, 7) is 5.15. The van der Waals surface area contributed by atoms with Gasteiger partial charge in [-0.05, 0) is 25.1 Å². The second-order valence-electron chi connectivity index (χ2n) is 4.47. The van der Waals surface area contributed by atoms with Crippen LogP contribution in [0.3, 0.4) is 0 Å². The van der Waals surface area contributed by atoms with Gasteiger partial charge in [-0.2, -0.15) is 0 Å². The minimum Gasteiger partial charge on any atom is -0.496 e. The fourth-order valence-corrected chi connectivity index (χ4v) is 2.09. The zero-order valence-electron chi connectivity index (χ0n) is 12.0. The predicted molar refractivity (Wildman–Crippen MR) is 82.5 cm³/mol. The molecule has 0 N–H and O–H groups in total. The fourth-order valence-electron chi connectivity index (χ4n) is 1.92. The Bertz CT molecular complexity index is 722. The van der Waals surface area contributed by atoms with Crippen molar-refractivity contribution in [2.24, 2.45) is 0 Å². The van der Waals surface area contributed by atoms with Crippen LogP contribution in [0.1, 0.15) is 6.92 Å². The standard InChI is InChI=1S/C16H15ClO4/c1-9(2)16(18)21-15-11-6-5-10(17)7-12(11)13(19-3)8-14(15)20-4/h5-8H,1H2,2-4H3. The highest BCUT2D eigenvalue weighted by molar-refractivity contribution is 6.31. The Morgan fingerprint density at radius 2 is 1.76 bits per heavy atom. The van der Waals surface area contributed by atoms with E-state index >= 15 is 0 Å². The molecule has 0 aliphatic carbocycles. The van der Waals surface area contributed by atoms with E-state index in [0.717, 1.165) is 5.39 Å². The average Bonchev–Trinajstić information content (AvgIpc) is 2.46. The van der Waals surface area contributed by atoms with Crippen molar-refractivity contribution < 1.29 is 19.0 Å². The molecule has 0 fully saturated rings. The predicted octanol–water partition coefficient (Wildman–Crippen LogP) is 3.99. The van der Waals surface area contributed by atoms with E-state index in [1.165, 1.54) is 7.11 Å². The lowest BCUT2D eigenvalue weighted by Crippen LogP contribution is -2.09. The van der Waals surface area contributed by atoms with Crippen LogP contribution in [0.5, 0.6) is 17.2 Å². The van der Waals surface area contributed by atoms with Crippen LogP contribution in [-0.4, -0.2) is 20.2 Å². The molecule has 5 heteroatoms. The van der Waals surface area contributed by atoms with Gasteiger partial charge in [0.15, 0.2) is 11.5 Å². The van der Waals surface area contributed by atoms with E-state index in [1.807, 2.05) is 0 Å². The lowest BCUT2D eigenvalue weighted by Gasteiger charge is -2.15. The van der Waals surface area contributed by atoms with E-state index in [9.17, 15) is 4.79 Å². The van der Waals surface area contributed by atoms with Crippen LogP contribution in [0.4, 0.5) is 0 Å². The molecule has 0 aliphatic heterocycles. The number of halogens is 1. The molecule has 0 aromatic heterocycles. The van der Waals surface area contributed by atoms with Crippen molar-refractivity contribution in [2.75, 3.05) is 14.2 Å². The summed E-state index contributed by atoms with van der Waals surface area (Å²) >= 11 is 6.02. The first kappa shape index (κ1) is 15.2. The Balaban J connectivity index is 2.72. The molecule has 2 aromatic carbocycles. The molecule has 0 atom stereocenters. The van der Waals surface area contributed by atoms with Crippen molar-refractivity contribution >= 4 is 28.3 Å². The molecule has 0 bridgehead atoms. The van der Waals surface area contributed by atoms with Crippen LogP contribution in [0.25, 0.3) is 10.8 Å². The van der Waals surface area contributed by atoms with Crippen molar-refractivity contribution in [1.29, 1.82) is 0 Å². The first-order chi connectivity index (χ1) is 9.97. The van der Waals surface area contributed by atoms with Gasteiger partial charge in [0.1, 0.15) is 5.75 Å². The van der Waals surface area contributed by atoms with Crippen LogP contribution in [0.2, 0.25) is 5.02 Å². The molecule has 0 radical (unpaired) electrons. The minimum atomic E-state index is -0.519. The normalized spacial score (nSPS) is 10.3. The van der Waals surface area contributed by atoms with Crippen molar-refractivity contribution in [2.45, 2.75) is 6.92 Å². The van der Waals surface area contributed by atoms with Crippen LogP contribution in [0.15, 0.2) is 36.4 Å². The van der Waals surface area contributed by atoms with Crippen molar-refractivity contribution in [3.05, 3.63) is 41.4 Å². The Labute approximate surface area is 127 Å². The van der Waals surface area contributed by atoms with Gasteiger partial charge in [0.2, 0.25) is 0 Å². The van der Waals surface area contributed by atoms with Gasteiger partial charge < -0.3 is 14.2 Å². The third kappa shape index (κ3) is 2.95. The van der Waals surface area contributed by atoms with E-state index in [4.69, 9.17) is 25.8 Å². The highest BCUT2D eigenvalue weighted by Gasteiger charge is 2.18. The Morgan fingerprint density at radius 1 is 1.10 bits per heavy atom. The van der Waals surface area contributed by atoms with Crippen LogP contribution in [0, 0.1) is 0 Å². The molecule has 2 aromatic rings. The van der Waals surface area contributed by atoms with Crippen molar-refractivity contribution in [3.63, 3.8) is 0 Å². The molecule has 0 unspecified atom stereocenters. The highest BCUT2D eigenvalue weighted by Crippen LogP contribution is 2.42. The van der Waals surface area contributed by atoms with E-state index in [1.54, 1.807) is 38.3 Å². The summed E-state index contributed by atoms with van der Waals surface area (Å²) in [6, 6.07) is 6.86. The number of benzene rings is 2. The number of ether oxygens (including phenoxy) is 3. The molecular formula is C16H15ClO4. The summed E-state index contributed by atoms with van der Waals surface area (Å²) < 4.78 is 16.0. The Kier molecular flexibility index (Phi) is 4.38. The maximum atomic E-state index is 11.8. The number of hydrogen-bond donors (Lipinski definition) is 0. The summed E-state index contributed by atoms with van der Waals surface area (Å²) in [6.07, 6.45) is 0. The molecule has 21 heavy (non-hydrogen) atoms. The van der Waals surface area contributed by atoms with Crippen LogP contribution >= 0.6 is 11.6 Å². The van der Waals surface area contributed by atoms with E-state index in [0.29, 0.717) is 33.2 Å². The SMILES string of the molecule is C=C(C)C(=O)Oc1c(OC)cc(OC)c2cc(Cl)ccc12. The van der Waals surface area contributed by atoms with E-state index in [2.05, 4.69) is 6.58 Å². The number of hydrogen-bond acceptors (Lipinski definition) is 4. The number of esters is 1. The number of methoxy groups -OCH3 is 2. The Morgan fingerprint density at radius 3 is 2.33 bits per heavy atom. The van der Waals surface area contributed by atoms with Gasteiger partial charge in [0, 0.05) is 27.4 Å². The van der Waals surface area contributed by atoms with Crippen LogP contribution < -0.4 is 14.2 Å². The average molecular weight is 307 g/mol. The van der Waals surface area contributed by atoms with Gasteiger partial charge in [0.05, 0.1) is 14.2 Å². The lowest BCUT2D eigenvalue weighted by atomic mass is 10.1. The monoisotopic (exact) mass is 306 g/mol.